The SMILES string of the molecule is CCN(Cc1ccccc1Cl)C(=O)c1cccc(N)c1. The number of hydrogen-bond donors (Lipinski definition) is 1. The van der Waals surface area contributed by atoms with Gasteiger partial charge < -0.3 is 10.6 Å². The van der Waals surface area contributed by atoms with Crippen LogP contribution in [-0.4, -0.2) is 17.4 Å². The summed E-state index contributed by atoms with van der Waals surface area (Å²) in [6.45, 7) is 3.05. The number of nitrogen functional groups attached to an aromatic ring is 1. The summed E-state index contributed by atoms with van der Waals surface area (Å²) >= 11 is 6.14. The van der Waals surface area contributed by atoms with Crippen molar-refractivity contribution in [2.45, 2.75) is 13.5 Å². The molecule has 4 heteroatoms. The lowest BCUT2D eigenvalue weighted by Gasteiger charge is -2.21. The van der Waals surface area contributed by atoms with Crippen LogP contribution in [0, 0.1) is 0 Å². The van der Waals surface area contributed by atoms with Gasteiger partial charge in [0.2, 0.25) is 0 Å². The highest BCUT2D eigenvalue weighted by Crippen LogP contribution is 2.18. The van der Waals surface area contributed by atoms with Crippen LogP contribution in [0.3, 0.4) is 0 Å². The number of carbonyl (C=O) groups is 1. The van der Waals surface area contributed by atoms with Crippen LogP contribution >= 0.6 is 11.6 Å². The van der Waals surface area contributed by atoms with Gasteiger partial charge in [0, 0.05) is 29.4 Å². The number of amides is 1. The highest BCUT2D eigenvalue weighted by atomic mass is 35.5. The molecule has 0 radical (unpaired) electrons. The number of hydrogen-bond acceptors (Lipinski definition) is 2. The Morgan fingerprint density at radius 1 is 1.20 bits per heavy atom. The fourth-order valence-electron chi connectivity index (χ4n) is 2.01. The Hall–Kier alpha value is -2.00. The molecule has 0 bridgehead atoms. The average molecular weight is 289 g/mol. The maximum absolute atomic E-state index is 12.5. The zero-order chi connectivity index (χ0) is 14.5. The zero-order valence-electron chi connectivity index (χ0n) is 11.3. The van der Waals surface area contributed by atoms with Crippen molar-refractivity contribution in [2.24, 2.45) is 0 Å². The lowest BCUT2D eigenvalue weighted by atomic mass is 10.1. The Morgan fingerprint density at radius 2 is 1.95 bits per heavy atom. The van der Waals surface area contributed by atoms with Gasteiger partial charge in [-0.15, -0.1) is 0 Å². The monoisotopic (exact) mass is 288 g/mol. The van der Waals surface area contributed by atoms with Gasteiger partial charge in [0.25, 0.3) is 5.91 Å². The third-order valence-corrected chi connectivity index (χ3v) is 3.49. The van der Waals surface area contributed by atoms with Crippen LogP contribution in [0.15, 0.2) is 48.5 Å². The van der Waals surface area contributed by atoms with E-state index in [2.05, 4.69) is 0 Å². The number of benzene rings is 2. The predicted molar refractivity (Wildman–Crippen MR) is 82.7 cm³/mol. The molecule has 3 nitrogen and oxygen atoms in total. The molecule has 20 heavy (non-hydrogen) atoms. The van der Waals surface area contributed by atoms with E-state index in [9.17, 15) is 4.79 Å². The van der Waals surface area contributed by atoms with Crippen molar-refractivity contribution in [2.75, 3.05) is 12.3 Å². The molecule has 2 N–H and O–H groups in total. The quantitative estimate of drug-likeness (QED) is 0.874. The van der Waals surface area contributed by atoms with Crippen LogP contribution < -0.4 is 5.73 Å². The zero-order valence-corrected chi connectivity index (χ0v) is 12.1. The van der Waals surface area contributed by atoms with Crippen molar-refractivity contribution in [1.29, 1.82) is 0 Å². The molecule has 2 aromatic carbocycles. The van der Waals surface area contributed by atoms with Crippen molar-refractivity contribution in [3.05, 3.63) is 64.7 Å². The molecule has 1 amide bonds. The maximum Gasteiger partial charge on any atom is 0.254 e. The van der Waals surface area contributed by atoms with E-state index >= 15 is 0 Å². The second kappa shape index (κ2) is 6.44. The first-order valence-corrected chi connectivity index (χ1v) is 6.88. The third-order valence-electron chi connectivity index (χ3n) is 3.12. The van der Waals surface area contributed by atoms with E-state index in [1.165, 1.54) is 0 Å². The van der Waals surface area contributed by atoms with Crippen LogP contribution in [0.1, 0.15) is 22.8 Å². The molecule has 0 fully saturated rings. The van der Waals surface area contributed by atoms with E-state index in [0.717, 1.165) is 5.56 Å². The maximum atomic E-state index is 12.5. The lowest BCUT2D eigenvalue weighted by Crippen LogP contribution is -2.30. The summed E-state index contributed by atoms with van der Waals surface area (Å²) in [5.41, 5.74) is 7.84. The second-order valence-corrected chi connectivity index (χ2v) is 4.94. The van der Waals surface area contributed by atoms with E-state index in [1.807, 2.05) is 31.2 Å². The fraction of sp³-hybridized carbons (Fsp3) is 0.188. The normalized spacial score (nSPS) is 10.3. The van der Waals surface area contributed by atoms with Gasteiger partial charge in [-0.1, -0.05) is 35.9 Å². The molecule has 2 aromatic rings. The van der Waals surface area contributed by atoms with E-state index in [4.69, 9.17) is 17.3 Å². The van der Waals surface area contributed by atoms with Gasteiger partial charge in [-0.3, -0.25) is 4.79 Å². The summed E-state index contributed by atoms with van der Waals surface area (Å²) in [5.74, 6) is -0.0419. The highest BCUT2D eigenvalue weighted by molar-refractivity contribution is 6.31. The minimum Gasteiger partial charge on any atom is -0.399 e. The van der Waals surface area contributed by atoms with Crippen molar-refractivity contribution >= 4 is 23.2 Å². The first-order valence-electron chi connectivity index (χ1n) is 6.50. The number of nitrogens with two attached hydrogens (primary N) is 1. The van der Waals surface area contributed by atoms with Gasteiger partial charge in [0.15, 0.2) is 0 Å². The minimum atomic E-state index is -0.0419. The van der Waals surface area contributed by atoms with Crippen LogP contribution in [0.5, 0.6) is 0 Å². The number of carbonyl (C=O) groups excluding carboxylic acids is 1. The second-order valence-electron chi connectivity index (χ2n) is 4.54. The fourth-order valence-corrected chi connectivity index (χ4v) is 2.21. The molecule has 0 aliphatic carbocycles. The molecule has 0 saturated heterocycles. The summed E-state index contributed by atoms with van der Waals surface area (Å²) < 4.78 is 0. The largest absolute Gasteiger partial charge is 0.399 e. The van der Waals surface area contributed by atoms with Gasteiger partial charge in [-0.25, -0.2) is 0 Å². The Balaban J connectivity index is 2.20. The van der Waals surface area contributed by atoms with Gasteiger partial charge in [-0.05, 0) is 36.8 Å². The standard InChI is InChI=1S/C16H17ClN2O/c1-2-19(11-13-6-3-4-9-15(13)17)16(20)12-7-5-8-14(18)10-12/h3-10H,2,11,18H2,1H3. The number of anilines is 1. The van der Waals surface area contributed by atoms with Crippen LogP contribution in [0.2, 0.25) is 5.02 Å². The van der Waals surface area contributed by atoms with E-state index in [1.54, 1.807) is 29.2 Å². The number of nitrogens with zero attached hydrogens (tertiary/aromatic N) is 1. The van der Waals surface area contributed by atoms with Gasteiger partial charge in [-0.2, -0.15) is 0 Å². The minimum absolute atomic E-state index is 0.0419. The molecule has 0 aliphatic rings. The van der Waals surface area contributed by atoms with Gasteiger partial charge in [0.05, 0.1) is 0 Å². The van der Waals surface area contributed by atoms with Crippen LogP contribution in [-0.2, 0) is 6.54 Å². The predicted octanol–water partition coefficient (Wildman–Crippen LogP) is 3.58. The van der Waals surface area contributed by atoms with Crippen molar-refractivity contribution < 1.29 is 4.79 Å². The van der Waals surface area contributed by atoms with Crippen molar-refractivity contribution in [3.63, 3.8) is 0 Å². The molecular weight excluding hydrogens is 272 g/mol. The number of rotatable bonds is 4. The van der Waals surface area contributed by atoms with Crippen molar-refractivity contribution in [1.82, 2.24) is 4.90 Å². The average Bonchev–Trinajstić information content (AvgIpc) is 2.46. The first-order chi connectivity index (χ1) is 9.61. The van der Waals surface area contributed by atoms with Gasteiger partial charge in [0.1, 0.15) is 0 Å². The molecule has 2 rings (SSSR count). The molecule has 0 aromatic heterocycles. The molecule has 0 unspecified atom stereocenters. The third kappa shape index (κ3) is 3.31. The summed E-state index contributed by atoms with van der Waals surface area (Å²) in [6, 6.07) is 14.6. The summed E-state index contributed by atoms with van der Waals surface area (Å²) in [4.78, 5) is 14.2. The molecule has 0 aliphatic heterocycles. The first kappa shape index (κ1) is 14.4. The molecule has 0 saturated carbocycles. The lowest BCUT2D eigenvalue weighted by molar-refractivity contribution is 0.0752. The summed E-state index contributed by atoms with van der Waals surface area (Å²) in [7, 11) is 0. The highest BCUT2D eigenvalue weighted by Gasteiger charge is 2.15. The van der Waals surface area contributed by atoms with E-state index in [-0.39, 0.29) is 5.91 Å². The Kier molecular flexibility index (Phi) is 4.64. The molecule has 0 spiro atoms. The van der Waals surface area contributed by atoms with E-state index in [0.29, 0.717) is 29.4 Å². The van der Waals surface area contributed by atoms with Crippen molar-refractivity contribution in [3.8, 4) is 0 Å². The summed E-state index contributed by atoms with van der Waals surface area (Å²) in [6.07, 6.45) is 0. The Bertz CT molecular complexity index is 613. The Morgan fingerprint density at radius 3 is 2.60 bits per heavy atom. The van der Waals surface area contributed by atoms with Gasteiger partial charge >= 0.3 is 0 Å². The summed E-state index contributed by atoms with van der Waals surface area (Å²) in [5, 5.41) is 0.673. The topological polar surface area (TPSA) is 46.3 Å². The number of halogens is 1. The molecule has 0 heterocycles. The van der Waals surface area contributed by atoms with Crippen LogP contribution in [0.25, 0.3) is 0 Å². The molecule has 104 valence electrons. The molecular formula is C16H17ClN2O. The molecule has 0 atom stereocenters. The van der Waals surface area contributed by atoms with Crippen LogP contribution in [0.4, 0.5) is 5.69 Å². The van der Waals surface area contributed by atoms with E-state index < -0.39 is 0 Å². The smallest absolute Gasteiger partial charge is 0.254 e. The Labute approximate surface area is 124 Å².